The molecule has 7 nitrogen and oxygen atoms in total. The number of aromatic nitrogens is 1. The van der Waals surface area contributed by atoms with Gasteiger partial charge in [0.1, 0.15) is 6.10 Å². The van der Waals surface area contributed by atoms with Crippen molar-refractivity contribution in [2.75, 3.05) is 32.8 Å². The van der Waals surface area contributed by atoms with Crippen molar-refractivity contribution in [2.45, 2.75) is 58.5 Å². The number of aliphatic imine (C=N–C) groups is 1. The Balaban J connectivity index is 1.61. The maximum absolute atomic E-state index is 5.95. The second kappa shape index (κ2) is 9.90. The van der Waals surface area contributed by atoms with Crippen LogP contribution in [0.2, 0.25) is 0 Å². The lowest BCUT2D eigenvalue weighted by atomic mass is 10.1. The lowest BCUT2D eigenvalue weighted by molar-refractivity contribution is -0.0817. The molecular formula is C20H32N4O3. The molecule has 2 unspecified atom stereocenters. The quantitative estimate of drug-likeness (QED) is 0.606. The predicted molar refractivity (Wildman–Crippen MR) is 105 cm³/mol. The molecule has 1 N–H and O–H groups in total. The fourth-order valence-electron chi connectivity index (χ4n) is 3.40. The molecule has 0 aromatic carbocycles. The molecule has 0 radical (unpaired) electrons. The van der Waals surface area contributed by atoms with Crippen molar-refractivity contribution in [3.05, 3.63) is 23.9 Å². The van der Waals surface area contributed by atoms with Crippen molar-refractivity contribution in [2.24, 2.45) is 4.99 Å². The summed E-state index contributed by atoms with van der Waals surface area (Å²) < 4.78 is 17.4. The standard InChI is InChI=1S/C20H32N4O3/c1-4-21-20(23-13-16-7-8-19(22-12-16)27-15(2)3)24-9-11-26-18(14-24)17-6-5-10-25-17/h7-8,12,15,17-18H,4-6,9-11,13-14H2,1-3H3,(H,21,23). The summed E-state index contributed by atoms with van der Waals surface area (Å²) in [6, 6.07) is 3.92. The third kappa shape index (κ3) is 5.81. The summed E-state index contributed by atoms with van der Waals surface area (Å²) in [6.07, 6.45) is 4.51. The van der Waals surface area contributed by atoms with Gasteiger partial charge in [0.2, 0.25) is 5.88 Å². The SMILES string of the molecule is CCNC(=NCc1ccc(OC(C)C)nc1)N1CCOC(C2CCCO2)C1. The second-order valence-electron chi connectivity index (χ2n) is 7.25. The van der Waals surface area contributed by atoms with Gasteiger partial charge < -0.3 is 24.4 Å². The summed E-state index contributed by atoms with van der Waals surface area (Å²) >= 11 is 0. The van der Waals surface area contributed by atoms with Gasteiger partial charge >= 0.3 is 0 Å². The fourth-order valence-corrected chi connectivity index (χ4v) is 3.40. The molecule has 27 heavy (non-hydrogen) atoms. The van der Waals surface area contributed by atoms with Crippen molar-refractivity contribution < 1.29 is 14.2 Å². The Morgan fingerprint density at radius 3 is 2.85 bits per heavy atom. The van der Waals surface area contributed by atoms with Crippen molar-refractivity contribution in [3.8, 4) is 5.88 Å². The van der Waals surface area contributed by atoms with E-state index in [1.54, 1.807) is 0 Å². The summed E-state index contributed by atoms with van der Waals surface area (Å²) in [4.78, 5) is 11.5. The van der Waals surface area contributed by atoms with Gasteiger partial charge in [0.15, 0.2) is 5.96 Å². The number of hydrogen-bond donors (Lipinski definition) is 1. The lowest BCUT2D eigenvalue weighted by Gasteiger charge is -2.37. The molecule has 2 saturated heterocycles. The van der Waals surface area contributed by atoms with Crippen molar-refractivity contribution in [1.82, 2.24) is 15.2 Å². The number of nitrogens with zero attached hydrogens (tertiary/aromatic N) is 3. The van der Waals surface area contributed by atoms with Crippen molar-refractivity contribution in [3.63, 3.8) is 0 Å². The Kier molecular flexibility index (Phi) is 7.29. The Bertz CT molecular complexity index is 600. The van der Waals surface area contributed by atoms with Gasteiger partial charge in [-0.25, -0.2) is 9.98 Å². The number of ether oxygens (including phenoxy) is 3. The van der Waals surface area contributed by atoms with Crippen LogP contribution in [0.3, 0.4) is 0 Å². The van der Waals surface area contributed by atoms with E-state index in [4.69, 9.17) is 19.2 Å². The predicted octanol–water partition coefficient (Wildman–Crippen LogP) is 2.21. The maximum Gasteiger partial charge on any atom is 0.213 e. The number of rotatable bonds is 6. The first-order valence-electron chi connectivity index (χ1n) is 10.0. The third-order valence-electron chi connectivity index (χ3n) is 4.67. The minimum Gasteiger partial charge on any atom is -0.475 e. The first-order valence-corrected chi connectivity index (χ1v) is 10.0. The highest BCUT2D eigenvalue weighted by Gasteiger charge is 2.32. The van der Waals surface area contributed by atoms with Gasteiger partial charge in [-0.1, -0.05) is 6.07 Å². The Morgan fingerprint density at radius 1 is 1.33 bits per heavy atom. The number of nitrogens with one attached hydrogen (secondary N) is 1. The number of morpholine rings is 1. The van der Waals surface area contributed by atoms with Crippen molar-refractivity contribution in [1.29, 1.82) is 0 Å². The first-order chi connectivity index (χ1) is 13.2. The topological polar surface area (TPSA) is 68.2 Å². The van der Waals surface area contributed by atoms with E-state index < -0.39 is 0 Å². The fraction of sp³-hybridized carbons (Fsp3) is 0.700. The molecule has 0 saturated carbocycles. The molecule has 0 spiro atoms. The highest BCUT2D eigenvalue weighted by atomic mass is 16.5. The summed E-state index contributed by atoms with van der Waals surface area (Å²) in [5.41, 5.74) is 1.06. The van der Waals surface area contributed by atoms with Gasteiger partial charge in [-0.2, -0.15) is 0 Å². The van der Waals surface area contributed by atoms with Gasteiger partial charge in [0.25, 0.3) is 0 Å². The van der Waals surface area contributed by atoms with Crippen molar-refractivity contribution >= 4 is 5.96 Å². The molecule has 7 heteroatoms. The van der Waals surface area contributed by atoms with Crippen LogP contribution in [0.15, 0.2) is 23.3 Å². The Labute approximate surface area is 162 Å². The number of guanidine groups is 1. The Morgan fingerprint density at radius 2 is 2.19 bits per heavy atom. The molecule has 2 aliphatic rings. The van der Waals surface area contributed by atoms with E-state index in [9.17, 15) is 0 Å². The van der Waals surface area contributed by atoms with Gasteiger partial charge in [-0.15, -0.1) is 0 Å². The first kappa shape index (κ1) is 19.9. The van der Waals surface area contributed by atoms with E-state index in [-0.39, 0.29) is 18.3 Å². The largest absolute Gasteiger partial charge is 0.475 e. The van der Waals surface area contributed by atoms with Crippen LogP contribution in [0.1, 0.15) is 39.2 Å². The van der Waals surface area contributed by atoms with Crippen LogP contribution in [0.4, 0.5) is 0 Å². The smallest absolute Gasteiger partial charge is 0.213 e. The Hall–Kier alpha value is -1.86. The van der Waals surface area contributed by atoms with E-state index >= 15 is 0 Å². The molecule has 1 aromatic rings. The van der Waals surface area contributed by atoms with Crippen LogP contribution in [0.25, 0.3) is 0 Å². The second-order valence-corrected chi connectivity index (χ2v) is 7.25. The maximum atomic E-state index is 5.95. The van der Waals surface area contributed by atoms with Crippen LogP contribution in [-0.4, -0.2) is 67.0 Å². The van der Waals surface area contributed by atoms with E-state index in [2.05, 4.69) is 22.1 Å². The molecule has 1 aromatic heterocycles. The molecule has 0 amide bonds. The van der Waals surface area contributed by atoms with E-state index in [1.165, 1.54) is 0 Å². The summed E-state index contributed by atoms with van der Waals surface area (Å²) in [5, 5.41) is 3.41. The monoisotopic (exact) mass is 376 g/mol. The molecule has 150 valence electrons. The molecule has 2 atom stereocenters. The van der Waals surface area contributed by atoms with Crippen LogP contribution in [0, 0.1) is 0 Å². The van der Waals surface area contributed by atoms with E-state index in [1.807, 2.05) is 32.2 Å². The summed E-state index contributed by atoms with van der Waals surface area (Å²) in [5.74, 6) is 1.57. The minimum atomic E-state index is 0.124. The van der Waals surface area contributed by atoms with Gasteiger partial charge in [-0.3, -0.25) is 0 Å². The number of hydrogen-bond acceptors (Lipinski definition) is 5. The number of pyridine rings is 1. The zero-order chi connectivity index (χ0) is 19.1. The highest BCUT2D eigenvalue weighted by molar-refractivity contribution is 5.80. The van der Waals surface area contributed by atoms with Gasteiger partial charge in [-0.05, 0) is 39.2 Å². The zero-order valence-electron chi connectivity index (χ0n) is 16.7. The minimum absolute atomic E-state index is 0.124. The van der Waals surface area contributed by atoms with Crippen LogP contribution >= 0.6 is 0 Å². The van der Waals surface area contributed by atoms with Crippen LogP contribution in [-0.2, 0) is 16.0 Å². The molecule has 2 fully saturated rings. The van der Waals surface area contributed by atoms with Gasteiger partial charge in [0.05, 0.1) is 25.4 Å². The summed E-state index contributed by atoms with van der Waals surface area (Å²) in [6.45, 7) is 10.7. The lowest BCUT2D eigenvalue weighted by Crippen LogP contribution is -2.53. The molecule has 0 bridgehead atoms. The third-order valence-corrected chi connectivity index (χ3v) is 4.67. The van der Waals surface area contributed by atoms with Gasteiger partial charge in [0, 0.05) is 38.5 Å². The molecule has 2 aliphatic heterocycles. The molecule has 3 heterocycles. The molecular weight excluding hydrogens is 344 g/mol. The zero-order valence-corrected chi connectivity index (χ0v) is 16.7. The van der Waals surface area contributed by atoms with Crippen LogP contribution in [0.5, 0.6) is 5.88 Å². The van der Waals surface area contributed by atoms with Crippen LogP contribution < -0.4 is 10.1 Å². The van der Waals surface area contributed by atoms with E-state index in [0.29, 0.717) is 19.0 Å². The highest BCUT2D eigenvalue weighted by Crippen LogP contribution is 2.21. The molecule has 0 aliphatic carbocycles. The normalized spacial score (nSPS) is 23.7. The van der Waals surface area contributed by atoms with E-state index in [0.717, 1.165) is 50.6 Å². The summed E-state index contributed by atoms with van der Waals surface area (Å²) in [7, 11) is 0. The average molecular weight is 377 g/mol. The average Bonchev–Trinajstić information content (AvgIpc) is 3.21. The molecule has 3 rings (SSSR count).